The van der Waals surface area contributed by atoms with Gasteiger partial charge in [-0.15, -0.1) is 11.3 Å². The molecule has 0 radical (unpaired) electrons. The first-order chi connectivity index (χ1) is 9.79. The van der Waals surface area contributed by atoms with E-state index in [-0.39, 0.29) is 0 Å². The molecule has 20 heavy (non-hydrogen) atoms. The van der Waals surface area contributed by atoms with Crippen LogP contribution in [0.5, 0.6) is 0 Å². The van der Waals surface area contributed by atoms with E-state index in [1.807, 2.05) is 24.3 Å². The van der Waals surface area contributed by atoms with Gasteiger partial charge in [-0.2, -0.15) is 0 Å². The van der Waals surface area contributed by atoms with Gasteiger partial charge in [-0.3, -0.25) is 0 Å². The lowest BCUT2D eigenvalue weighted by Crippen LogP contribution is -1.78. The van der Waals surface area contributed by atoms with Crippen molar-refractivity contribution in [2.45, 2.75) is 0 Å². The third-order valence-electron chi connectivity index (χ3n) is 3.32. The SMILES string of the molecule is Clc1ccc2nc3cc(-c4ccccc4)sc3cc2c1. The molecule has 0 aliphatic carbocycles. The summed E-state index contributed by atoms with van der Waals surface area (Å²) in [5, 5.41) is 1.84. The zero-order valence-electron chi connectivity index (χ0n) is 10.5. The predicted molar refractivity (Wildman–Crippen MR) is 87.6 cm³/mol. The molecule has 0 aliphatic rings. The van der Waals surface area contributed by atoms with Crippen molar-refractivity contribution in [3.63, 3.8) is 0 Å². The Labute approximate surface area is 125 Å². The van der Waals surface area contributed by atoms with Crippen LogP contribution in [0.25, 0.3) is 31.6 Å². The highest BCUT2D eigenvalue weighted by Crippen LogP contribution is 2.34. The lowest BCUT2D eigenvalue weighted by molar-refractivity contribution is 1.52. The van der Waals surface area contributed by atoms with Crippen LogP contribution in [0.4, 0.5) is 0 Å². The summed E-state index contributed by atoms with van der Waals surface area (Å²) in [5.41, 5.74) is 3.26. The molecule has 1 nitrogen and oxygen atoms in total. The zero-order valence-corrected chi connectivity index (χ0v) is 12.1. The molecule has 0 fully saturated rings. The lowest BCUT2D eigenvalue weighted by atomic mass is 10.2. The average molecular weight is 296 g/mol. The van der Waals surface area contributed by atoms with Crippen LogP contribution in [0, 0.1) is 0 Å². The Morgan fingerprint density at radius 1 is 0.850 bits per heavy atom. The van der Waals surface area contributed by atoms with Crippen LogP contribution in [0.2, 0.25) is 5.02 Å². The molecule has 0 saturated heterocycles. The Morgan fingerprint density at radius 2 is 1.70 bits per heavy atom. The van der Waals surface area contributed by atoms with Gasteiger partial charge in [0.15, 0.2) is 0 Å². The van der Waals surface area contributed by atoms with Crippen molar-refractivity contribution >= 4 is 44.1 Å². The molecule has 0 saturated carbocycles. The van der Waals surface area contributed by atoms with Crippen LogP contribution in [-0.2, 0) is 0 Å². The van der Waals surface area contributed by atoms with Crippen molar-refractivity contribution in [2.24, 2.45) is 0 Å². The van der Waals surface area contributed by atoms with Gasteiger partial charge in [0.1, 0.15) is 0 Å². The van der Waals surface area contributed by atoms with Crippen LogP contribution in [-0.4, -0.2) is 4.98 Å². The summed E-state index contributed by atoms with van der Waals surface area (Å²) in [6.45, 7) is 0. The summed E-state index contributed by atoms with van der Waals surface area (Å²) >= 11 is 7.81. The van der Waals surface area contributed by atoms with E-state index in [0.29, 0.717) is 0 Å². The average Bonchev–Trinajstić information content (AvgIpc) is 2.88. The van der Waals surface area contributed by atoms with Crippen LogP contribution >= 0.6 is 22.9 Å². The van der Waals surface area contributed by atoms with Gasteiger partial charge in [-0.25, -0.2) is 4.98 Å². The molecule has 0 unspecified atom stereocenters. The summed E-state index contributed by atoms with van der Waals surface area (Å²) in [6.07, 6.45) is 0. The molecular weight excluding hydrogens is 286 g/mol. The first-order valence-electron chi connectivity index (χ1n) is 6.35. The van der Waals surface area contributed by atoms with Crippen LogP contribution < -0.4 is 0 Å². The molecule has 0 atom stereocenters. The second kappa shape index (κ2) is 4.58. The number of hydrogen-bond acceptors (Lipinski definition) is 2. The van der Waals surface area contributed by atoms with E-state index in [2.05, 4.69) is 36.4 Å². The van der Waals surface area contributed by atoms with Crippen molar-refractivity contribution in [1.29, 1.82) is 0 Å². The molecule has 4 aromatic rings. The van der Waals surface area contributed by atoms with Crippen LogP contribution in [0.15, 0.2) is 60.7 Å². The number of pyridine rings is 1. The van der Waals surface area contributed by atoms with E-state index >= 15 is 0 Å². The second-order valence-electron chi connectivity index (χ2n) is 4.69. The lowest BCUT2D eigenvalue weighted by Gasteiger charge is -1.97. The van der Waals surface area contributed by atoms with Gasteiger partial charge < -0.3 is 0 Å². The van der Waals surface area contributed by atoms with Crippen LogP contribution in [0.1, 0.15) is 0 Å². The van der Waals surface area contributed by atoms with E-state index in [1.165, 1.54) is 15.1 Å². The number of thiophene rings is 1. The first-order valence-corrected chi connectivity index (χ1v) is 7.54. The molecule has 2 aromatic heterocycles. The maximum atomic E-state index is 6.05. The summed E-state index contributed by atoms with van der Waals surface area (Å²) < 4.78 is 1.19. The minimum atomic E-state index is 0.749. The van der Waals surface area contributed by atoms with Gasteiger partial charge in [-0.05, 0) is 35.9 Å². The predicted octanol–water partition coefficient (Wildman–Crippen LogP) is 5.77. The van der Waals surface area contributed by atoms with E-state index in [0.717, 1.165) is 21.4 Å². The van der Waals surface area contributed by atoms with Crippen molar-refractivity contribution < 1.29 is 0 Å². The number of benzene rings is 2. The van der Waals surface area contributed by atoms with Gasteiger partial charge in [0.25, 0.3) is 0 Å². The van der Waals surface area contributed by atoms with Crippen LogP contribution in [0.3, 0.4) is 0 Å². The third-order valence-corrected chi connectivity index (χ3v) is 4.67. The summed E-state index contributed by atoms with van der Waals surface area (Å²) in [5.74, 6) is 0. The highest BCUT2D eigenvalue weighted by molar-refractivity contribution is 7.22. The molecule has 3 heteroatoms. The van der Waals surface area contributed by atoms with E-state index in [1.54, 1.807) is 11.3 Å². The fraction of sp³-hybridized carbons (Fsp3) is 0. The number of aromatic nitrogens is 1. The van der Waals surface area contributed by atoms with Crippen molar-refractivity contribution in [3.8, 4) is 10.4 Å². The molecule has 2 heterocycles. The summed E-state index contributed by atoms with van der Waals surface area (Å²) in [6, 6.07) is 20.5. The third kappa shape index (κ3) is 1.98. The van der Waals surface area contributed by atoms with Gasteiger partial charge in [-0.1, -0.05) is 41.9 Å². The largest absolute Gasteiger partial charge is 0.247 e. The fourth-order valence-electron chi connectivity index (χ4n) is 2.34. The van der Waals surface area contributed by atoms with Gasteiger partial charge in [0.05, 0.1) is 15.7 Å². The maximum Gasteiger partial charge on any atom is 0.0823 e. The zero-order chi connectivity index (χ0) is 13.5. The van der Waals surface area contributed by atoms with Crippen molar-refractivity contribution in [3.05, 3.63) is 65.7 Å². The molecule has 4 rings (SSSR count). The number of nitrogens with zero attached hydrogens (tertiary/aromatic N) is 1. The molecule has 0 aliphatic heterocycles. The standard InChI is InChI=1S/C17H10ClNS/c18-13-6-7-14-12(8-13)9-17-15(19-14)10-16(20-17)11-4-2-1-3-5-11/h1-10H. The number of fused-ring (bicyclic) bond motifs is 2. The quantitative estimate of drug-likeness (QED) is 0.434. The minimum Gasteiger partial charge on any atom is -0.247 e. The Bertz CT molecular complexity index is 912. The van der Waals surface area contributed by atoms with Gasteiger partial charge in [0.2, 0.25) is 0 Å². The monoisotopic (exact) mass is 295 g/mol. The number of rotatable bonds is 1. The van der Waals surface area contributed by atoms with E-state index in [9.17, 15) is 0 Å². The smallest absolute Gasteiger partial charge is 0.0823 e. The fourth-order valence-corrected chi connectivity index (χ4v) is 3.58. The number of halogens is 1. The Kier molecular flexibility index (Phi) is 2.72. The molecule has 0 spiro atoms. The highest BCUT2D eigenvalue weighted by atomic mass is 35.5. The molecule has 0 amide bonds. The second-order valence-corrected chi connectivity index (χ2v) is 6.21. The Balaban J connectivity index is 1.97. The van der Waals surface area contributed by atoms with Crippen molar-refractivity contribution in [2.75, 3.05) is 0 Å². The Morgan fingerprint density at radius 3 is 2.55 bits per heavy atom. The topological polar surface area (TPSA) is 12.9 Å². The molecule has 0 N–H and O–H groups in total. The minimum absolute atomic E-state index is 0.749. The maximum absolute atomic E-state index is 6.05. The van der Waals surface area contributed by atoms with E-state index < -0.39 is 0 Å². The summed E-state index contributed by atoms with van der Waals surface area (Å²) in [7, 11) is 0. The molecule has 2 aromatic carbocycles. The molecular formula is C17H10ClNS. The molecule has 96 valence electrons. The normalized spacial score (nSPS) is 11.2. The van der Waals surface area contributed by atoms with Gasteiger partial charge >= 0.3 is 0 Å². The molecule has 0 bridgehead atoms. The first kappa shape index (κ1) is 11.9. The number of hydrogen-bond donors (Lipinski definition) is 0. The van der Waals surface area contributed by atoms with Crippen molar-refractivity contribution in [1.82, 2.24) is 4.98 Å². The van der Waals surface area contributed by atoms with Gasteiger partial charge in [0, 0.05) is 15.3 Å². The Hall–Kier alpha value is -1.90. The highest BCUT2D eigenvalue weighted by Gasteiger charge is 2.07. The van der Waals surface area contributed by atoms with E-state index in [4.69, 9.17) is 16.6 Å². The summed E-state index contributed by atoms with van der Waals surface area (Å²) in [4.78, 5) is 5.96.